The van der Waals surface area contributed by atoms with Crippen LogP contribution in [0.3, 0.4) is 0 Å². The minimum atomic E-state index is -0.326. The quantitative estimate of drug-likeness (QED) is 0.739. The summed E-state index contributed by atoms with van der Waals surface area (Å²) in [6.07, 6.45) is 0. The van der Waals surface area contributed by atoms with Gasteiger partial charge in [-0.05, 0) is 33.8 Å². The van der Waals surface area contributed by atoms with Crippen LogP contribution >= 0.6 is 0 Å². The molecule has 1 aromatic carbocycles. The summed E-state index contributed by atoms with van der Waals surface area (Å²) in [5.74, 6) is -0.220. The number of carbonyl (C=O) groups excluding carboxylic acids is 1. The third kappa shape index (κ3) is 3.31. The van der Waals surface area contributed by atoms with Crippen LogP contribution in [-0.2, 0) is 9.53 Å². The number of methoxy groups -OCH3 is 1. The molecule has 0 bridgehead atoms. The summed E-state index contributed by atoms with van der Waals surface area (Å²) in [4.78, 5) is 15.9. The van der Waals surface area contributed by atoms with E-state index in [9.17, 15) is 4.79 Å². The Balaban J connectivity index is 3.14. The third-order valence-corrected chi connectivity index (χ3v) is 3.00. The lowest BCUT2D eigenvalue weighted by Crippen LogP contribution is -2.46. The highest BCUT2D eigenvalue weighted by Crippen LogP contribution is 2.25. The Morgan fingerprint density at radius 2 is 1.61 bits per heavy atom. The first kappa shape index (κ1) is 14.7. The van der Waals surface area contributed by atoms with Gasteiger partial charge in [0.25, 0.3) is 0 Å². The molecule has 1 rings (SSSR count). The van der Waals surface area contributed by atoms with Gasteiger partial charge in [0.15, 0.2) is 0 Å². The fraction of sp³-hybridized carbons (Fsp3) is 0.500. The van der Waals surface area contributed by atoms with Crippen LogP contribution < -0.4 is 0 Å². The van der Waals surface area contributed by atoms with Gasteiger partial charge >= 0.3 is 5.97 Å². The molecule has 2 atom stereocenters. The SMILES string of the molecule is COC(=O)[C@@H]([C@H](c1ccccc1)N(C)C)N(C)C. The maximum Gasteiger partial charge on any atom is 0.325 e. The molecule has 0 spiro atoms. The second kappa shape index (κ2) is 6.52. The number of rotatable bonds is 5. The Kier molecular flexibility index (Phi) is 5.31. The van der Waals surface area contributed by atoms with Gasteiger partial charge in [-0.2, -0.15) is 0 Å². The molecule has 18 heavy (non-hydrogen) atoms. The molecule has 100 valence electrons. The number of nitrogens with zero attached hydrogens (tertiary/aromatic N) is 2. The molecule has 0 aliphatic rings. The van der Waals surface area contributed by atoms with Gasteiger partial charge in [-0.1, -0.05) is 30.3 Å². The predicted octanol–water partition coefficient (Wildman–Crippen LogP) is 1.39. The predicted molar refractivity (Wildman–Crippen MR) is 72.4 cm³/mol. The van der Waals surface area contributed by atoms with E-state index in [1.165, 1.54) is 7.11 Å². The molecule has 0 aromatic heterocycles. The Bertz CT molecular complexity index is 377. The van der Waals surface area contributed by atoms with Crippen molar-refractivity contribution in [3.63, 3.8) is 0 Å². The summed E-state index contributed by atoms with van der Waals surface area (Å²) in [5.41, 5.74) is 1.10. The van der Waals surface area contributed by atoms with E-state index in [4.69, 9.17) is 4.74 Å². The lowest BCUT2D eigenvalue weighted by atomic mass is 9.97. The van der Waals surface area contributed by atoms with Crippen molar-refractivity contribution in [2.45, 2.75) is 12.1 Å². The smallest absolute Gasteiger partial charge is 0.325 e. The maximum absolute atomic E-state index is 12.0. The molecule has 4 nitrogen and oxygen atoms in total. The van der Waals surface area contributed by atoms with Crippen LogP contribution in [0.2, 0.25) is 0 Å². The number of esters is 1. The molecule has 0 saturated carbocycles. The molecule has 0 saturated heterocycles. The molecule has 1 aromatic rings. The van der Waals surface area contributed by atoms with E-state index in [0.29, 0.717) is 0 Å². The fourth-order valence-corrected chi connectivity index (χ4v) is 2.16. The minimum absolute atomic E-state index is 0.0337. The minimum Gasteiger partial charge on any atom is -0.468 e. The van der Waals surface area contributed by atoms with E-state index >= 15 is 0 Å². The maximum atomic E-state index is 12.0. The van der Waals surface area contributed by atoms with Crippen molar-refractivity contribution in [3.8, 4) is 0 Å². The summed E-state index contributed by atoms with van der Waals surface area (Å²) in [6, 6.07) is 9.64. The number of likely N-dealkylation sites (N-methyl/N-ethyl adjacent to an activating group) is 2. The van der Waals surface area contributed by atoms with E-state index in [2.05, 4.69) is 0 Å². The molecule has 0 aliphatic heterocycles. The number of ether oxygens (including phenoxy) is 1. The molecular formula is C14H22N2O2. The first-order valence-corrected chi connectivity index (χ1v) is 5.94. The van der Waals surface area contributed by atoms with Crippen molar-refractivity contribution >= 4 is 5.97 Å². The Morgan fingerprint density at radius 1 is 1.06 bits per heavy atom. The molecule has 0 aliphatic carbocycles. The summed E-state index contributed by atoms with van der Waals surface area (Å²) < 4.78 is 4.92. The molecular weight excluding hydrogens is 228 g/mol. The zero-order chi connectivity index (χ0) is 13.7. The highest BCUT2D eigenvalue weighted by molar-refractivity contribution is 5.77. The molecule has 0 amide bonds. The van der Waals surface area contributed by atoms with Crippen LogP contribution in [0, 0.1) is 0 Å². The largest absolute Gasteiger partial charge is 0.468 e. The van der Waals surface area contributed by atoms with E-state index in [1.807, 2.05) is 68.3 Å². The number of benzene rings is 1. The van der Waals surface area contributed by atoms with Gasteiger partial charge in [0, 0.05) is 0 Å². The van der Waals surface area contributed by atoms with Crippen molar-refractivity contribution in [1.29, 1.82) is 0 Å². The van der Waals surface area contributed by atoms with Gasteiger partial charge in [0.1, 0.15) is 6.04 Å². The Hall–Kier alpha value is -1.39. The highest BCUT2D eigenvalue weighted by atomic mass is 16.5. The van der Waals surface area contributed by atoms with Crippen molar-refractivity contribution in [3.05, 3.63) is 35.9 Å². The summed E-state index contributed by atoms with van der Waals surface area (Å²) in [6.45, 7) is 0. The third-order valence-electron chi connectivity index (χ3n) is 3.00. The van der Waals surface area contributed by atoms with Gasteiger partial charge in [0.2, 0.25) is 0 Å². The highest BCUT2D eigenvalue weighted by Gasteiger charge is 2.33. The first-order valence-electron chi connectivity index (χ1n) is 5.94. The van der Waals surface area contributed by atoms with Gasteiger partial charge in [0.05, 0.1) is 13.2 Å². The standard InChI is InChI=1S/C14H22N2O2/c1-15(2)12(11-9-7-6-8-10-11)13(16(3)4)14(17)18-5/h6-10,12-13H,1-5H3/t12-,13+/m0/s1. The van der Waals surface area contributed by atoms with Crippen LogP contribution in [-0.4, -0.2) is 57.1 Å². The van der Waals surface area contributed by atoms with E-state index in [0.717, 1.165) is 5.56 Å². The molecule has 4 heteroatoms. The van der Waals surface area contributed by atoms with Gasteiger partial charge in [-0.15, -0.1) is 0 Å². The lowest BCUT2D eigenvalue weighted by molar-refractivity contribution is -0.148. The van der Waals surface area contributed by atoms with Gasteiger partial charge in [-0.25, -0.2) is 0 Å². The van der Waals surface area contributed by atoms with Crippen molar-refractivity contribution in [2.75, 3.05) is 35.3 Å². The first-order chi connectivity index (χ1) is 8.49. The Labute approximate surface area is 109 Å². The summed E-state index contributed by atoms with van der Waals surface area (Å²) in [5, 5.41) is 0. The number of hydrogen-bond acceptors (Lipinski definition) is 4. The molecule has 0 heterocycles. The van der Waals surface area contributed by atoms with Crippen molar-refractivity contribution in [2.24, 2.45) is 0 Å². The van der Waals surface area contributed by atoms with Gasteiger partial charge < -0.3 is 9.64 Å². The average Bonchev–Trinajstić information content (AvgIpc) is 2.35. The zero-order valence-electron chi connectivity index (χ0n) is 11.8. The topological polar surface area (TPSA) is 32.8 Å². The van der Waals surface area contributed by atoms with Crippen LogP contribution in [0.15, 0.2) is 30.3 Å². The van der Waals surface area contributed by atoms with E-state index in [1.54, 1.807) is 0 Å². The van der Waals surface area contributed by atoms with E-state index in [-0.39, 0.29) is 18.1 Å². The lowest BCUT2D eigenvalue weighted by Gasteiger charge is -2.34. The molecule has 0 unspecified atom stereocenters. The Morgan fingerprint density at radius 3 is 2.00 bits per heavy atom. The second-order valence-electron chi connectivity index (χ2n) is 4.75. The second-order valence-corrected chi connectivity index (χ2v) is 4.75. The average molecular weight is 250 g/mol. The normalized spacial score (nSPS) is 14.6. The van der Waals surface area contributed by atoms with Crippen LogP contribution in [0.5, 0.6) is 0 Å². The molecule has 0 fully saturated rings. The fourth-order valence-electron chi connectivity index (χ4n) is 2.16. The summed E-state index contributed by atoms with van der Waals surface area (Å²) in [7, 11) is 9.15. The van der Waals surface area contributed by atoms with E-state index < -0.39 is 0 Å². The summed E-state index contributed by atoms with van der Waals surface area (Å²) >= 11 is 0. The monoisotopic (exact) mass is 250 g/mol. The van der Waals surface area contributed by atoms with Gasteiger partial charge in [-0.3, -0.25) is 9.69 Å². The zero-order valence-corrected chi connectivity index (χ0v) is 11.8. The number of hydrogen-bond donors (Lipinski definition) is 0. The number of carbonyl (C=O) groups is 1. The molecule has 0 N–H and O–H groups in total. The van der Waals surface area contributed by atoms with Crippen LogP contribution in [0.1, 0.15) is 11.6 Å². The van der Waals surface area contributed by atoms with Crippen molar-refractivity contribution in [1.82, 2.24) is 9.80 Å². The van der Waals surface area contributed by atoms with Crippen LogP contribution in [0.4, 0.5) is 0 Å². The van der Waals surface area contributed by atoms with Crippen molar-refractivity contribution < 1.29 is 9.53 Å². The molecule has 0 radical (unpaired) electrons. The van der Waals surface area contributed by atoms with Crippen LogP contribution in [0.25, 0.3) is 0 Å².